The highest BCUT2D eigenvalue weighted by Crippen LogP contribution is 2.26. The van der Waals surface area contributed by atoms with E-state index in [2.05, 4.69) is 25.2 Å². The Morgan fingerprint density at radius 2 is 2.00 bits per heavy atom. The Hall–Kier alpha value is -0.600. The number of hydrogen-bond acceptors (Lipinski definition) is 2. The zero-order valence-electron chi connectivity index (χ0n) is 9.38. The summed E-state index contributed by atoms with van der Waals surface area (Å²) in [6.07, 6.45) is 8.63. The lowest BCUT2D eigenvalue weighted by molar-refractivity contribution is -0.109. The maximum absolute atomic E-state index is 5.53. The molecule has 0 unspecified atom stereocenters. The van der Waals surface area contributed by atoms with Crippen LogP contribution in [0.4, 0.5) is 0 Å². The number of hydrogen-bond donors (Lipinski definition) is 0. The van der Waals surface area contributed by atoms with E-state index >= 15 is 0 Å². The van der Waals surface area contributed by atoms with Crippen LogP contribution >= 0.6 is 0 Å². The van der Waals surface area contributed by atoms with Gasteiger partial charge in [0.05, 0.1) is 13.2 Å². The first-order chi connectivity index (χ1) is 6.69. The van der Waals surface area contributed by atoms with Gasteiger partial charge in [-0.3, -0.25) is 0 Å². The molecule has 0 N–H and O–H groups in total. The molecule has 2 nitrogen and oxygen atoms in total. The molecule has 2 heteroatoms. The molecule has 14 heavy (non-hydrogen) atoms. The number of allylic oxidation sites excluding steroid dienone is 3. The van der Waals surface area contributed by atoms with Crippen LogP contribution in [0.25, 0.3) is 0 Å². The summed E-state index contributed by atoms with van der Waals surface area (Å²) < 4.78 is 11.1. The quantitative estimate of drug-likeness (QED) is 0.643. The standard InChI is InChI=1S/C12H20O2/c1-4-5-6-7-8-11(2)12(3)13-9-10-14-12/h6-8H,4-5,9-10H2,1-3H3/b7-6+,11-8+. The van der Waals surface area contributed by atoms with Crippen molar-refractivity contribution >= 4 is 0 Å². The van der Waals surface area contributed by atoms with Gasteiger partial charge in [0.25, 0.3) is 0 Å². The third-order valence-electron chi connectivity index (χ3n) is 2.49. The lowest BCUT2D eigenvalue weighted by atomic mass is 10.1. The lowest BCUT2D eigenvalue weighted by Crippen LogP contribution is -2.26. The van der Waals surface area contributed by atoms with Gasteiger partial charge >= 0.3 is 0 Å². The molecule has 1 rings (SSSR count). The summed E-state index contributed by atoms with van der Waals surface area (Å²) in [5.74, 6) is -0.490. The minimum Gasteiger partial charge on any atom is -0.344 e. The molecule has 0 radical (unpaired) electrons. The monoisotopic (exact) mass is 196 g/mol. The maximum atomic E-state index is 5.53. The Kier molecular flexibility index (Phi) is 4.36. The first-order valence-corrected chi connectivity index (χ1v) is 5.31. The number of ether oxygens (including phenoxy) is 2. The third-order valence-corrected chi connectivity index (χ3v) is 2.49. The summed E-state index contributed by atoms with van der Waals surface area (Å²) in [5.41, 5.74) is 1.13. The van der Waals surface area contributed by atoms with E-state index in [1.165, 1.54) is 6.42 Å². The normalized spacial score (nSPS) is 22.1. The van der Waals surface area contributed by atoms with Crippen LogP contribution in [0, 0.1) is 0 Å². The molecular weight excluding hydrogens is 176 g/mol. The van der Waals surface area contributed by atoms with Gasteiger partial charge in [0, 0.05) is 0 Å². The van der Waals surface area contributed by atoms with Gasteiger partial charge in [-0.2, -0.15) is 0 Å². The van der Waals surface area contributed by atoms with Crippen molar-refractivity contribution in [2.45, 2.75) is 39.4 Å². The van der Waals surface area contributed by atoms with E-state index in [1.807, 2.05) is 13.8 Å². The highest BCUT2D eigenvalue weighted by atomic mass is 16.7. The van der Waals surface area contributed by atoms with Crippen LogP contribution in [0.15, 0.2) is 23.8 Å². The summed E-state index contributed by atoms with van der Waals surface area (Å²) in [4.78, 5) is 0. The topological polar surface area (TPSA) is 18.5 Å². The molecule has 1 saturated heterocycles. The molecule has 0 aromatic carbocycles. The van der Waals surface area contributed by atoms with E-state index in [9.17, 15) is 0 Å². The largest absolute Gasteiger partial charge is 0.344 e. The van der Waals surface area contributed by atoms with Crippen LogP contribution in [0.5, 0.6) is 0 Å². The molecule has 0 aromatic rings. The van der Waals surface area contributed by atoms with E-state index in [0.29, 0.717) is 13.2 Å². The van der Waals surface area contributed by atoms with Crippen LogP contribution in [0.3, 0.4) is 0 Å². The van der Waals surface area contributed by atoms with E-state index in [-0.39, 0.29) is 0 Å². The SMILES string of the molecule is CCC/C=C/C=C(\C)C1(C)OCCO1. The average Bonchev–Trinajstić information content (AvgIpc) is 2.61. The Labute approximate surface area is 86.6 Å². The zero-order chi connectivity index (χ0) is 10.4. The fourth-order valence-electron chi connectivity index (χ4n) is 1.37. The predicted molar refractivity (Wildman–Crippen MR) is 58.1 cm³/mol. The van der Waals surface area contributed by atoms with Crippen LogP contribution in [0.1, 0.15) is 33.6 Å². The van der Waals surface area contributed by atoms with Crippen LogP contribution in [-0.4, -0.2) is 19.0 Å². The minimum absolute atomic E-state index is 0.490. The van der Waals surface area contributed by atoms with Crippen molar-refractivity contribution in [1.29, 1.82) is 0 Å². The average molecular weight is 196 g/mol. The van der Waals surface area contributed by atoms with E-state index < -0.39 is 5.79 Å². The Bertz CT molecular complexity index is 222. The van der Waals surface area contributed by atoms with Crippen molar-refractivity contribution in [2.24, 2.45) is 0 Å². The second-order valence-electron chi connectivity index (χ2n) is 3.71. The highest BCUT2D eigenvalue weighted by Gasteiger charge is 2.32. The number of rotatable bonds is 4. The molecule has 0 bridgehead atoms. The van der Waals surface area contributed by atoms with Crippen LogP contribution in [-0.2, 0) is 9.47 Å². The minimum atomic E-state index is -0.490. The predicted octanol–water partition coefficient (Wildman–Crippen LogP) is 3.05. The van der Waals surface area contributed by atoms with Crippen molar-refractivity contribution in [3.8, 4) is 0 Å². The summed E-state index contributed by atoms with van der Waals surface area (Å²) in [7, 11) is 0. The van der Waals surface area contributed by atoms with E-state index in [0.717, 1.165) is 12.0 Å². The Morgan fingerprint density at radius 1 is 1.36 bits per heavy atom. The molecule has 1 heterocycles. The Balaban J connectivity index is 2.50. The van der Waals surface area contributed by atoms with Gasteiger partial charge in [0.15, 0.2) is 5.79 Å². The van der Waals surface area contributed by atoms with Crippen LogP contribution in [0.2, 0.25) is 0 Å². The summed E-state index contributed by atoms with van der Waals surface area (Å²) in [6.45, 7) is 7.58. The first-order valence-electron chi connectivity index (χ1n) is 5.31. The molecule has 1 aliphatic rings. The van der Waals surface area contributed by atoms with Crippen molar-refractivity contribution in [2.75, 3.05) is 13.2 Å². The van der Waals surface area contributed by atoms with Gasteiger partial charge in [-0.25, -0.2) is 0 Å². The van der Waals surface area contributed by atoms with Crippen molar-refractivity contribution in [3.63, 3.8) is 0 Å². The van der Waals surface area contributed by atoms with Gasteiger partial charge in [-0.05, 0) is 25.8 Å². The molecule has 0 amide bonds. The summed E-state index contributed by atoms with van der Waals surface area (Å²) in [6, 6.07) is 0. The second kappa shape index (κ2) is 5.32. The molecule has 0 aliphatic carbocycles. The highest BCUT2D eigenvalue weighted by molar-refractivity contribution is 5.17. The van der Waals surface area contributed by atoms with Crippen molar-refractivity contribution in [1.82, 2.24) is 0 Å². The van der Waals surface area contributed by atoms with Gasteiger partial charge in [0.1, 0.15) is 0 Å². The summed E-state index contributed by atoms with van der Waals surface area (Å²) in [5, 5.41) is 0. The number of unbranched alkanes of at least 4 members (excludes halogenated alkanes) is 1. The zero-order valence-corrected chi connectivity index (χ0v) is 9.38. The molecule has 1 aliphatic heterocycles. The van der Waals surface area contributed by atoms with E-state index in [4.69, 9.17) is 9.47 Å². The van der Waals surface area contributed by atoms with Crippen LogP contribution < -0.4 is 0 Å². The maximum Gasteiger partial charge on any atom is 0.188 e. The smallest absolute Gasteiger partial charge is 0.188 e. The van der Waals surface area contributed by atoms with E-state index in [1.54, 1.807) is 0 Å². The lowest BCUT2D eigenvalue weighted by Gasteiger charge is -2.22. The second-order valence-corrected chi connectivity index (χ2v) is 3.71. The molecule has 0 saturated carbocycles. The molecule has 0 spiro atoms. The van der Waals surface area contributed by atoms with Gasteiger partial charge in [-0.1, -0.05) is 31.6 Å². The van der Waals surface area contributed by atoms with Crippen molar-refractivity contribution < 1.29 is 9.47 Å². The molecule has 80 valence electrons. The van der Waals surface area contributed by atoms with Gasteiger partial charge < -0.3 is 9.47 Å². The summed E-state index contributed by atoms with van der Waals surface area (Å²) >= 11 is 0. The van der Waals surface area contributed by atoms with Crippen molar-refractivity contribution in [3.05, 3.63) is 23.8 Å². The Morgan fingerprint density at radius 3 is 2.57 bits per heavy atom. The van der Waals surface area contributed by atoms with Gasteiger partial charge in [-0.15, -0.1) is 0 Å². The van der Waals surface area contributed by atoms with Gasteiger partial charge in [0.2, 0.25) is 0 Å². The first kappa shape index (κ1) is 11.5. The molecule has 1 fully saturated rings. The molecule has 0 atom stereocenters. The fourth-order valence-corrected chi connectivity index (χ4v) is 1.37. The molecular formula is C12H20O2. The fraction of sp³-hybridized carbons (Fsp3) is 0.667. The third kappa shape index (κ3) is 2.96. The molecule has 0 aromatic heterocycles.